The first-order valence-electron chi connectivity index (χ1n) is 6.23. The molecule has 0 aliphatic rings. The Morgan fingerprint density at radius 3 is 2.83 bits per heavy atom. The molecular formula is C13H23N3O2. The van der Waals surface area contributed by atoms with Gasteiger partial charge in [-0.3, -0.25) is 9.69 Å². The lowest BCUT2D eigenvalue weighted by molar-refractivity contribution is -0.131. The summed E-state index contributed by atoms with van der Waals surface area (Å²) in [5.74, 6) is 0.919. The molecule has 5 nitrogen and oxygen atoms in total. The molecule has 0 radical (unpaired) electrons. The molecule has 1 rings (SSSR count). The Bertz CT molecular complexity index is 338. The van der Waals surface area contributed by atoms with Gasteiger partial charge in [-0.25, -0.2) is 0 Å². The molecule has 0 fully saturated rings. The lowest BCUT2D eigenvalue weighted by atomic mass is 10.3. The van der Waals surface area contributed by atoms with E-state index >= 15 is 0 Å². The van der Waals surface area contributed by atoms with Gasteiger partial charge in [0.1, 0.15) is 5.76 Å². The molecule has 0 aromatic carbocycles. The van der Waals surface area contributed by atoms with Crippen LogP contribution in [0.1, 0.15) is 12.2 Å². The highest BCUT2D eigenvalue weighted by atomic mass is 16.3. The number of hydrogen-bond acceptors (Lipinski definition) is 4. The highest BCUT2D eigenvalue weighted by molar-refractivity contribution is 5.77. The average Bonchev–Trinajstić information content (AvgIpc) is 2.82. The number of amides is 1. The molecule has 1 aromatic rings. The van der Waals surface area contributed by atoms with Crippen LogP contribution in [0.5, 0.6) is 0 Å². The lowest BCUT2D eigenvalue weighted by Crippen LogP contribution is -2.37. The monoisotopic (exact) mass is 253 g/mol. The van der Waals surface area contributed by atoms with Crippen LogP contribution < -0.4 is 5.32 Å². The number of nitrogens with zero attached hydrogens (tertiary/aromatic N) is 2. The molecule has 1 aromatic heterocycles. The largest absolute Gasteiger partial charge is 0.467 e. The fourth-order valence-electron chi connectivity index (χ4n) is 1.68. The van der Waals surface area contributed by atoms with E-state index in [4.69, 9.17) is 4.42 Å². The fourth-order valence-corrected chi connectivity index (χ4v) is 1.68. The number of carbonyl (C=O) groups excluding carboxylic acids is 1. The Hall–Kier alpha value is -1.33. The molecule has 0 saturated carbocycles. The summed E-state index contributed by atoms with van der Waals surface area (Å²) in [6, 6.07) is 3.71. The van der Waals surface area contributed by atoms with E-state index in [9.17, 15) is 4.79 Å². The van der Waals surface area contributed by atoms with Crippen LogP contribution >= 0.6 is 0 Å². The van der Waals surface area contributed by atoms with Crippen molar-refractivity contribution < 1.29 is 9.21 Å². The average molecular weight is 253 g/mol. The van der Waals surface area contributed by atoms with Gasteiger partial charge in [-0.2, -0.15) is 0 Å². The predicted octanol–water partition coefficient (Wildman–Crippen LogP) is 0.779. The predicted molar refractivity (Wildman–Crippen MR) is 71.2 cm³/mol. The van der Waals surface area contributed by atoms with Gasteiger partial charge in [0, 0.05) is 7.05 Å². The molecule has 0 aliphatic carbocycles. The lowest BCUT2D eigenvalue weighted by Gasteiger charge is -2.21. The summed E-state index contributed by atoms with van der Waals surface area (Å²) in [6.07, 6.45) is 2.67. The van der Waals surface area contributed by atoms with Crippen LogP contribution in [0.4, 0.5) is 0 Å². The Kier molecular flexibility index (Phi) is 6.46. The molecule has 5 heteroatoms. The third-order valence-corrected chi connectivity index (χ3v) is 2.77. The second-order valence-corrected chi connectivity index (χ2v) is 4.52. The van der Waals surface area contributed by atoms with E-state index in [1.165, 1.54) is 0 Å². The van der Waals surface area contributed by atoms with Gasteiger partial charge in [0.2, 0.25) is 5.91 Å². The number of likely N-dealkylation sites (N-methyl/N-ethyl adjacent to an activating group) is 2. The molecular weight excluding hydrogens is 230 g/mol. The summed E-state index contributed by atoms with van der Waals surface area (Å²) in [5.41, 5.74) is 0. The minimum absolute atomic E-state index is 0.110. The van der Waals surface area contributed by atoms with Crippen LogP contribution in [0.15, 0.2) is 22.8 Å². The van der Waals surface area contributed by atoms with Crippen LogP contribution in [-0.4, -0.2) is 56.5 Å². The molecule has 0 atom stereocenters. The standard InChI is InChI=1S/C13H23N3O2/c1-14-7-5-8-15(2)11-13(17)16(3)10-12-6-4-9-18-12/h4,6,9,14H,5,7-8,10-11H2,1-3H3. The van der Waals surface area contributed by atoms with Gasteiger partial charge in [0.15, 0.2) is 0 Å². The highest BCUT2D eigenvalue weighted by Crippen LogP contribution is 2.04. The van der Waals surface area contributed by atoms with E-state index < -0.39 is 0 Å². The normalized spacial score (nSPS) is 10.9. The van der Waals surface area contributed by atoms with Crippen LogP contribution in [-0.2, 0) is 11.3 Å². The van der Waals surface area contributed by atoms with Crippen molar-refractivity contribution >= 4 is 5.91 Å². The molecule has 0 saturated heterocycles. The summed E-state index contributed by atoms with van der Waals surface area (Å²) in [6.45, 7) is 2.86. The van der Waals surface area contributed by atoms with Gasteiger partial charge in [-0.15, -0.1) is 0 Å². The van der Waals surface area contributed by atoms with Crippen LogP contribution in [0.3, 0.4) is 0 Å². The Labute approximate surface area is 109 Å². The van der Waals surface area contributed by atoms with Crippen LogP contribution in [0.25, 0.3) is 0 Å². The molecule has 0 bridgehead atoms. The maximum atomic E-state index is 11.9. The van der Waals surface area contributed by atoms with E-state index in [2.05, 4.69) is 5.32 Å². The quantitative estimate of drug-likeness (QED) is 0.696. The maximum Gasteiger partial charge on any atom is 0.236 e. The molecule has 0 spiro atoms. The highest BCUT2D eigenvalue weighted by Gasteiger charge is 2.12. The number of furan rings is 1. The van der Waals surface area contributed by atoms with E-state index in [1.54, 1.807) is 18.2 Å². The SMILES string of the molecule is CNCCCN(C)CC(=O)N(C)Cc1ccco1. The molecule has 1 N–H and O–H groups in total. The van der Waals surface area contributed by atoms with Crippen molar-refractivity contribution in [2.75, 3.05) is 40.8 Å². The molecule has 0 unspecified atom stereocenters. The zero-order chi connectivity index (χ0) is 13.4. The van der Waals surface area contributed by atoms with Gasteiger partial charge in [0.05, 0.1) is 19.4 Å². The summed E-state index contributed by atoms with van der Waals surface area (Å²) in [5, 5.41) is 3.09. The van der Waals surface area contributed by atoms with Crippen molar-refractivity contribution in [3.05, 3.63) is 24.2 Å². The van der Waals surface area contributed by atoms with Crippen LogP contribution in [0, 0.1) is 0 Å². The van der Waals surface area contributed by atoms with E-state index in [-0.39, 0.29) is 5.91 Å². The third kappa shape index (κ3) is 5.33. The van der Waals surface area contributed by atoms with Gasteiger partial charge in [-0.1, -0.05) is 0 Å². The number of nitrogens with one attached hydrogen (secondary N) is 1. The smallest absolute Gasteiger partial charge is 0.236 e. The molecule has 102 valence electrons. The zero-order valence-corrected chi connectivity index (χ0v) is 11.5. The van der Waals surface area contributed by atoms with Gasteiger partial charge >= 0.3 is 0 Å². The third-order valence-electron chi connectivity index (χ3n) is 2.77. The number of carbonyl (C=O) groups is 1. The summed E-state index contributed by atoms with van der Waals surface area (Å²) >= 11 is 0. The van der Waals surface area contributed by atoms with Crippen LogP contribution in [0.2, 0.25) is 0 Å². The summed E-state index contributed by atoms with van der Waals surface area (Å²) in [7, 11) is 5.70. The Morgan fingerprint density at radius 2 is 2.22 bits per heavy atom. The topological polar surface area (TPSA) is 48.7 Å². The summed E-state index contributed by atoms with van der Waals surface area (Å²) < 4.78 is 5.22. The van der Waals surface area contributed by atoms with E-state index in [0.717, 1.165) is 25.3 Å². The molecule has 1 heterocycles. The van der Waals surface area contributed by atoms with Crippen molar-refractivity contribution in [3.63, 3.8) is 0 Å². The second-order valence-electron chi connectivity index (χ2n) is 4.52. The number of hydrogen-bond donors (Lipinski definition) is 1. The van der Waals surface area contributed by atoms with E-state index in [1.807, 2.05) is 31.1 Å². The van der Waals surface area contributed by atoms with Gasteiger partial charge in [-0.05, 0) is 45.7 Å². The van der Waals surface area contributed by atoms with Crippen molar-refractivity contribution in [1.29, 1.82) is 0 Å². The van der Waals surface area contributed by atoms with Crippen molar-refractivity contribution in [3.8, 4) is 0 Å². The second kappa shape index (κ2) is 7.89. The minimum Gasteiger partial charge on any atom is -0.467 e. The minimum atomic E-state index is 0.110. The number of rotatable bonds is 8. The first-order valence-corrected chi connectivity index (χ1v) is 6.23. The maximum absolute atomic E-state index is 11.9. The summed E-state index contributed by atoms with van der Waals surface area (Å²) in [4.78, 5) is 15.7. The van der Waals surface area contributed by atoms with Crippen molar-refractivity contribution in [2.45, 2.75) is 13.0 Å². The fraction of sp³-hybridized carbons (Fsp3) is 0.615. The Balaban J connectivity index is 2.26. The first kappa shape index (κ1) is 14.7. The van der Waals surface area contributed by atoms with E-state index in [0.29, 0.717) is 13.1 Å². The first-order chi connectivity index (χ1) is 8.63. The van der Waals surface area contributed by atoms with Gasteiger partial charge < -0.3 is 14.6 Å². The molecule has 0 aliphatic heterocycles. The molecule has 18 heavy (non-hydrogen) atoms. The van der Waals surface area contributed by atoms with Crippen molar-refractivity contribution in [2.24, 2.45) is 0 Å². The zero-order valence-electron chi connectivity index (χ0n) is 11.5. The molecule has 1 amide bonds. The van der Waals surface area contributed by atoms with Gasteiger partial charge in [0.25, 0.3) is 0 Å². The Morgan fingerprint density at radius 1 is 1.44 bits per heavy atom. The van der Waals surface area contributed by atoms with Crippen molar-refractivity contribution in [1.82, 2.24) is 15.1 Å².